The highest BCUT2D eigenvalue weighted by Crippen LogP contribution is 2.24. The van der Waals surface area contributed by atoms with Gasteiger partial charge in [-0.25, -0.2) is 17.2 Å². The first-order chi connectivity index (χ1) is 9.85. The average molecular weight is 373 g/mol. The SMILES string of the molecule is N#Cc1c(F)cccc1S(=O)(=O)Nc1ccc(Br)cc1F. The Balaban J connectivity index is 2.49. The van der Waals surface area contributed by atoms with Gasteiger partial charge in [-0.2, -0.15) is 5.26 Å². The molecular formula is C13H7BrF2N2O2S. The van der Waals surface area contributed by atoms with Gasteiger partial charge in [0.1, 0.15) is 28.2 Å². The predicted molar refractivity (Wildman–Crippen MR) is 76.0 cm³/mol. The molecule has 0 radical (unpaired) electrons. The van der Waals surface area contributed by atoms with Crippen LogP contribution in [0.5, 0.6) is 0 Å². The summed E-state index contributed by atoms with van der Waals surface area (Å²) < 4.78 is 53.9. The van der Waals surface area contributed by atoms with Crippen LogP contribution in [-0.4, -0.2) is 8.42 Å². The van der Waals surface area contributed by atoms with E-state index in [1.807, 2.05) is 4.72 Å². The summed E-state index contributed by atoms with van der Waals surface area (Å²) in [7, 11) is -4.28. The van der Waals surface area contributed by atoms with Crippen LogP contribution in [0.3, 0.4) is 0 Å². The Morgan fingerprint density at radius 2 is 1.86 bits per heavy atom. The minimum Gasteiger partial charge on any atom is -0.277 e. The molecule has 0 saturated heterocycles. The van der Waals surface area contributed by atoms with Crippen molar-refractivity contribution in [1.82, 2.24) is 0 Å². The number of halogens is 3. The van der Waals surface area contributed by atoms with Crippen molar-refractivity contribution in [3.05, 3.63) is 58.1 Å². The lowest BCUT2D eigenvalue weighted by Crippen LogP contribution is -2.16. The van der Waals surface area contributed by atoms with Crippen molar-refractivity contribution in [3.63, 3.8) is 0 Å². The molecule has 0 unspecified atom stereocenters. The first-order valence-electron chi connectivity index (χ1n) is 5.51. The number of nitrogens with zero attached hydrogens (tertiary/aromatic N) is 1. The van der Waals surface area contributed by atoms with E-state index in [1.165, 1.54) is 18.2 Å². The highest BCUT2D eigenvalue weighted by Gasteiger charge is 2.22. The Morgan fingerprint density at radius 3 is 2.48 bits per heavy atom. The molecule has 0 heterocycles. The fourth-order valence-corrected chi connectivity index (χ4v) is 3.18. The zero-order valence-corrected chi connectivity index (χ0v) is 12.7. The molecule has 2 aromatic rings. The molecule has 21 heavy (non-hydrogen) atoms. The van der Waals surface area contributed by atoms with Gasteiger partial charge >= 0.3 is 0 Å². The average Bonchev–Trinajstić information content (AvgIpc) is 2.41. The summed E-state index contributed by atoms with van der Waals surface area (Å²) in [4.78, 5) is -0.549. The lowest BCUT2D eigenvalue weighted by atomic mass is 10.2. The molecule has 0 aliphatic carbocycles. The summed E-state index contributed by atoms with van der Waals surface area (Å²) in [6.07, 6.45) is 0. The topological polar surface area (TPSA) is 70.0 Å². The van der Waals surface area contributed by atoms with Gasteiger partial charge in [-0.3, -0.25) is 4.72 Å². The molecule has 2 rings (SSSR count). The number of nitrogens with one attached hydrogen (secondary N) is 1. The van der Waals surface area contributed by atoms with Crippen LogP contribution < -0.4 is 4.72 Å². The zero-order chi connectivity index (χ0) is 15.6. The number of sulfonamides is 1. The molecule has 4 nitrogen and oxygen atoms in total. The van der Waals surface area contributed by atoms with Crippen molar-refractivity contribution in [2.45, 2.75) is 4.90 Å². The minimum atomic E-state index is -4.28. The third kappa shape index (κ3) is 3.20. The van der Waals surface area contributed by atoms with E-state index < -0.39 is 32.1 Å². The van der Waals surface area contributed by atoms with Crippen molar-refractivity contribution < 1.29 is 17.2 Å². The second-order valence-electron chi connectivity index (χ2n) is 3.95. The van der Waals surface area contributed by atoms with Crippen molar-refractivity contribution in [3.8, 4) is 6.07 Å². The molecule has 0 atom stereocenters. The van der Waals surface area contributed by atoms with E-state index in [0.717, 1.165) is 24.3 Å². The molecule has 0 aliphatic heterocycles. The summed E-state index contributed by atoms with van der Waals surface area (Å²) in [5.74, 6) is -1.76. The molecule has 0 amide bonds. The Hall–Kier alpha value is -1.98. The number of anilines is 1. The van der Waals surface area contributed by atoms with Crippen LogP contribution in [0.1, 0.15) is 5.56 Å². The second kappa shape index (κ2) is 5.79. The van der Waals surface area contributed by atoms with E-state index in [9.17, 15) is 17.2 Å². The van der Waals surface area contributed by atoms with E-state index in [-0.39, 0.29) is 5.69 Å². The van der Waals surface area contributed by atoms with Gasteiger partial charge in [0.2, 0.25) is 0 Å². The summed E-state index contributed by atoms with van der Waals surface area (Å²) in [6, 6.07) is 8.41. The lowest BCUT2D eigenvalue weighted by Gasteiger charge is -2.10. The van der Waals surface area contributed by atoms with Gasteiger partial charge in [0.05, 0.1) is 5.69 Å². The lowest BCUT2D eigenvalue weighted by molar-refractivity contribution is 0.592. The van der Waals surface area contributed by atoms with E-state index in [1.54, 1.807) is 0 Å². The summed E-state index contributed by atoms with van der Waals surface area (Å²) in [5.41, 5.74) is -0.922. The van der Waals surface area contributed by atoms with Crippen LogP contribution in [0.2, 0.25) is 0 Å². The van der Waals surface area contributed by atoms with Gasteiger partial charge in [-0.05, 0) is 30.3 Å². The molecule has 108 valence electrons. The maximum atomic E-state index is 13.7. The van der Waals surface area contributed by atoms with Gasteiger partial charge in [-0.15, -0.1) is 0 Å². The van der Waals surface area contributed by atoms with Crippen molar-refractivity contribution in [2.24, 2.45) is 0 Å². The number of hydrogen-bond donors (Lipinski definition) is 1. The Bertz CT molecular complexity index is 848. The van der Waals surface area contributed by atoms with Crippen LogP contribution in [0.4, 0.5) is 14.5 Å². The van der Waals surface area contributed by atoms with Crippen LogP contribution in [-0.2, 0) is 10.0 Å². The maximum absolute atomic E-state index is 13.7. The van der Waals surface area contributed by atoms with Gasteiger partial charge in [0.25, 0.3) is 10.0 Å². The monoisotopic (exact) mass is 372 g/mol. The molecule has 0 aromatic heterocycles. The van der Waals surface area contributed by atoms with E-state index in [0.29, 0.717) is 4.47 Å². The molecule has 0 aliphatic rings. The Morgan fingerprint density at radius 1 is 1.14 bits per heavy atom. The third-order valence-corrected chi connectivity index (χ3v) is 4.45. The largest absolute Gasteiger partial charge is 0.277 e. The van der Waals surface area contributed by atoms with Crippen LogP contribution in [0, 0.1) is 23.0 Å². The van der Waals surface area contributed by atoms with Gasteiger partial charge < -0.3 is 0 Å². The molecule has 0 saturated carbocycles. The van der Waals surface area contributed by atoms with E-state index >= 15 is 0 Å². The Kier molecular flexibility index (Phi) is 4.25. The third-order valence-electron chi connectivity index (χ3n) is 2.55. The summed E-state index contributed by atoms with van der Waals surface area (Å²) in [5, 5.41) is 8.86. The second-order valence-corrected chi connectivity index (χ2v) is 6.52. The molecular weight excluding hydrogens is 366 g/mol. The molecule has 8 heteroatoms. The van der Waals surface area contributed by atoms with Gasteiger partial charge in [-0.1, -0.05) is 22.0 Å². The van der Waals surface area contributed by atoms with Crippen LogP contribution >= 0.6 is 15.9 Å². The fourth-order valence-electron chi connectivity index (χ4n) is 1.61. The normalized spacial score (nSPS) is 11.0. The van der Waals surface area contributed by atoms with Crippen molar-refractivity contribution in [1.29, 1.82) is 5.26 Å². The highest BCUT2D eigenvalue weighted by atomic mass is 79.9. The fraction of sp³-hybridized carbons (Fsp3) is 0. The molecule has 0 spiro atoms. The predicted octanol–water partition coefficient (Wildman–Crippen LogP) is 3.40. The minimum absolute atomic E-state index is 0.300. The van der Waals surface area contributed by atoms with Gasteiger partial charge in [0, 0.05) is 4.47 Å². The maximum Gasteiger partial charge on any atom is 0.263 e. The number of benzene rings is 2. The zero-order valence-electron chi connectivity index (χ0n) is 10.3. The summed E-state index contributed by atoms with van der Waals surface area (Å²) in [6.45, 7) is 0. The van der Waals surface area contributed by atoms with Crippen molar-refractivity contribution in [2.75, 3.05) is 4.72 Å². The highest BCUT2D eigenvalue weighted by molar-refractivity contribution is 9.10. The van der Waals surface area contributed by atoms with Crippen molar-refractivity contribution >= 4 is 31.6 Å². The quantitative estimate of drug-likeness (QED) is 0.897. The standard InChI is InChI=1S/C13H7BrF2N2O2S/c14-8-4-5-12(11(16)6-8)18-21(19,20)13-3-1-2-10(15)9(13)7-17/h1-6,18H. The van der Waals surface area contributed by atoms with Crippen LogP contribution in [0.25, 0.3) is 0 Å². The summed E-state index contributed by atoms with van der Waals surface area (Å²) >= 11 is 3.04. The first kappa shape index (κ1) is 15.4. The van der Waals surface area contributed by atoms with E-state index in [2.05, 4.69) is 15.9 Å². The molecule has 1 N–H and O–H groups in total. The van der Waals surface area contributed by atoms with Crippen LogP contribution in [0.15, 0.2) is 45.8 Å². The molecule has 0 fully saturated rings. The molecule has 2 aromatic carbocycles. The van der Waals surface area contributed by atoms with Gasteiger partial charge in [0.15, 0.2) is 0 Å². The Labute approximate surface area is 128 Å². The first-order valence-corrected chi connectivity index (χ1v) is 7.79. The molecule has 0 bridgehead atoms. The number of rotatable bonds is 3. The smallest absolute Gasteiger partial charge is 0.263 e. The number of hydrogen-bond acceptors (Lipinski definition) is 3. The number of nitriles is 1. The van der Waals surface area contributed by atoms with E-state index in [4.69, 9.17) is 5.26 Å².